The van der Waals surface area contributed by atoms with Gasteiger partial charge in [0.25, 0.3) is 0 Å². The van der Waals surface area contributed by atoms with E-state index in [9.17, 15) is 0 Å². The highest BCUT2D eigenvalue weighted by Crippen LogP contribution is 2.26. The third-order valence-electron chi connectivity index (χ3n) is 4.34. The van der Waals surface area contributed by atoms with Gasteiger partial charge in [-0.1, -0.05) is 55.1 Å². The standard InChI is InChI=1S/C23H17BrN2O/c1-3-8-20-17(4-2)18-12-11-16(13-21(18)27-20)19-14-22(24)26-23(25-19)15-9-6-5-7-10-15/h3-14H,1H2,2H3/b17-4-,20-8+. The van der Waals surface area contributed by atoms with Crippen molar-refractivity contribution >= 4 is 39.1 Å². The Bertz CT molecular complexity index is 1260. The highest BCUT2D eigenvalue weighted by molar-refractivity contribution is 9.10. The lowest BCUT2D eigenvalue weighted by atomic mass is 10.1. The molecule has 0 saturated heterocycles. The van der Waals surface area contributed by atoms with Gasteiger partial charge in [-0.15, -0.1) is 0 Å². The summed E-state index contributed by atoms with van der Waals surface area (Å²) in [6.07, 6.45) is 5.67. The summed E-state index contributed by atoms with van der Waals surface area (Å²) in [4.78, 5) is 9.26. The van der Waals surface area contributed by atoms with Crippen LogP contribution in [0.1, 0.15) is 6.92 Å². The van der Waals surface area contributed by atoms with Crippen LogP contribution in [-0.2, 0) is 0 Å². The number of rotatable bonds is 3. The maximum Gasteiger partial charge on any atom is 0.161 e. The Labute approximate surface area is 165 Å². The Hall–Kier alpha value is -2.98. The number of hydrogen-bond donors (Lipinski definition) is 0. The maximum atomic E-state index is 6.02. The molecule has 0 amide bonds. The molecule has 0 atom stereocenters. The van der Waals surface area contributed by atoms with E-state index in [0.717, 1.165) is 43.0 Å². The Kier molecular flexibility index (Phi) is 4.73. The minimum absolute atomic E-state index is 0.683. The van der Waals surface area contributed by atoms with Crippen molar-refractivity contribution in [2.45, 2.75) is 6.92 Å². The molecule has 0 aliphatic heterocycles. The lowest BCUT2D eigenvalue weighted by Crippen LogP contribution is -2.18. The van der Waals surface area contributed by atoms with Crippen molar-refractivity contribution in [2.75, 3.05) is 0 Å². The molecule has 0 aliphatic carbocycles. The van der Waals surface area contributed by atoms with Crippen molar-refractivity contribution in [3.8, 4) is 22.6 Å². The smallest absolute Gasteiger partial charge is 0.161 e. The van der Waals surface area contributed by atoms with Gasteiger partial charge in [0, 0.05) is 21.7 Å². The van der Waals surface area contributed by atoms with Gasteiger partial charge >= 0.3 is 0 Å². The lowest BCUT2D eigenvalue weighted by Gasteiger charge is -2.06. The molecule has 4 rings (SSSR count). The summed E-state index contributed by atoms with van der Waals surface area (Å²) < 4.78 is 6.77. The summed E-state index contributed by atoms with van der Waals surface area (Å²) in [7, 11) is 0. The third kappa shape index (κ3) is 3.36. The molecule has 4 heteroatoms. The number of hydrogen-bond acceptors (Lipinski definition) is 3. The zero-order valence-electron chi connectivity index (χ0n) is 14.8. The summed E-state index contributed by atoms with van der Waals surface area (Å²) in [6, 6.07) is 18.0. The van der Waals surface area contributed by atoms with E-state index in [2.05, 4.69) is 45.7 Å². The second-order valence-electron chi connectivity index (χ2n) is 6.05. The number of allylic oxidation sites excluding steroid dienone is 1. The maximum absolute atomic E-state index is 6.02. The number of nitrogens with zero attached hydrogens (tertiary/aromatic N) is 2. The van der Waals surface area contributed by atoms with Gasteiger partial charge in [0.1, 0.15) is 15.6 Å². The molecule has 27 heavy (non-hydrogen) atoms. The van der Waals surface area contributed by atoms with Gasteiger partial charge in [0.05, 0.1) is 5.69 Å². The largest absolute Gasteiger partial charge is 0.456 e. The van der Waals surface area contributed by atoms with Crippen LogP contribution in [0.3, 0.4) is 0 Å². The van der Waals surface area contributed by atoms with Crippen LogP contribution in [0.2, 0.25) is 0 Å². The molecule has 0 aliphatic rings. The molecular weight excluding hydrogens is 400 g/mol. The van der Waals surface area contributed by atoms with E-state index in [1.54, 1.807) is 6.08 Å². The summed E-state index contributed by atoms with van der Waals surface area (Å²) in [6.45, 7) is 5.77. The first-order valence-electron chi connectivity index (χ1n) is 8.61. The van der Waals surface area contributed by atoms with Gasteiger partial charge < -0.3 is 4.42 Å². The molecule has 2 aromatic heterocycles. The van der Waals surface area contributed by atoms with Gasteiger partial charge in [-0.3, -0.25) is 0 Å². The second-order valence-corrected chi connectivity index (χ2v) is 6.86. The Morgan fingerprint density at radius 2 is 1.81 bits per heavy atom. The molecule has 4 aromatic rings. The van der Waals surface area contributed by atoms with Crippen LogP contribution in [0.15, 0.2) is 76.3 Å². The van der Waals surface area contributed by atoms with E-state index in [1.807, 2.05) is 55.5 Å². The van der Waals surface area contributed by atoms with Crippen LogP contribution >= 0.6 is 15.9 Å². The number of halogens is 1. The highest BCUT2D eigenvalue weighted by Gasteiger charge is 2.10. The van der Waals surface area contributed by atoms with E-state index in [1.165, 1.54) is 0 Å². The summed E-state index contributed by atoms with van der Waals surface area (Å²) in [5.74, 6) is 0.683. The van der Waals surface area contributed by atoms with Gasteiger partial charge in [-0.2, -0.15) is 0 Å². The summed E-state index contributed by atoms with van der Waals surface area (Å²) in [5, 5.41) is 2.15. The molecule has 0 bridgehead atoms. The minimum atomic E-state index is 0.683. The van der Waals surface area contributed by atoms with Gasteiger partial charge in [0.2, 0.25) is 0 Å². The molecule has 0 spiro atoms. The molecule has 3 nitrogen and oxygen atoms in total. The normalized spacial score (nSPS) is 12.7. The predicted octanol–water partition coefficient (Wildman–Crippen LogP) is 5.09. The average Bonchev–Trinajstić information content (AvgIpc) is 3.04. The fourth-order valence-corrected chi connectivity index (χ4v) is 3.49. The second kappa shape index (κ2) is 7.33. The third-order valence-corrected chi connectivity index (χ3v) is 4.74. The Morgan fingerprint density at radius 1 is 1.00 bits per heavy atom. The SMILES string of the molecule is C=C/C=c1/oc2cc(-c3cc(Br)nc(-c4ccccc4)n3)ccc2/c1=C/C. The van der Waals surface area contributed by atoms with Crippen LogP contribution in [-0.4, -0.2) is 9.97 Å². The quantitative estimate of drug-likeness (QED) is 0.436. The molecule has 0 fully saturated rings. The zero-order chi connectivity index (χ0) is 18.8. The molecule has 0 radical (unpaired) electrons. The van der Waals surface area contributed by atoms with E-state index >= 15 is 0 Å². The first-order valence-corrected chi connectivity index (χ1v) is 9.41. The van der Waals surface area contributed by atoms with Crippen molar-refractivity contribution in [1.82, 2.24) is 9.97 Å². The van der Waals surface area contributed by atoms with Crippen LogP contribution in [0, 0.1) is 0 Å². The first-order chi connectivity index (χ1) is 13.2. The average molecular weight is 417 g/mol. The molecule has 0 saturated carbocycles. The van der Waals surface area contributed by atoms with E-state index in [4.69, 9.17) is 9.40 Å². The highest BCUT2D eigenvalue weighted by atomic mass is 79.9. The van der Waals surface area contributed by atoms with Crippen molar-refractivity contribution in [1.29, 1.82) is 0 Å². The van der Waals surface area contributed by atoms with Crippen molar-refractivity contribution in [3.63, 3.8) is 0 Å². The molecule has 2 aromatic carbocycles. The van der Waals surface area contributed by atoms with Crippen LogP contribution in [0.5, 0.6) is 0 Å². The van der Waals surface area contributed by atoms with Crippen molar-refractivity contribution < 1.29 is 4.42 Å². The van der Waals surface area contributed by atoms with Gasteiger partial charge in [-0.25, -0.2) is 9.97 Å². The van der Waals surface area contributed by atoms with Crippen molar-refractivity contribution in [2.24, 2.45) is 0 Å². The van der Waals surface area contributed by atoms with Crippen LogP contribution in [0.25, 0.3) is 45.8 Å². The zero-order valence-corrected chi connectivity index (χ0v) is 16.4. The molecule has 132 valence electrons. The number of furan rings is 1. The Morgan fingerprint density at radius 3 is 2.56 bits per heavy atom. The predicted molar refractivity (Wildman–Crippen MR) is 114 cm³/mol. The van der Waals surface area contributed by atoms with Crippen LogP contribution < -0.4 is 10.6 Å². The Balaban J connectivity index is 1.89. The van der Waals surface area contributed by atoms with Crippen molar-refractivity contribution in [3.05, 3.63) is 82.5 Å². The van der Waals surface area contributed by atoms with E-state index < -0.39 is 0 Å². The number of aromatic nitrogens is 2. The van der Waals surface area contributed by atoms with Gasteiger partial charge in [-0.05, 0) is 47.1 Å². The molecular formula is C23H17BrN2O. The topological polar surface area (TPSA) is 38.9 Å². The summed E-state index contributed by atoms with van der Waals surface area (Å²) in [5.41, 5.74) is 4.43. The molecule has 0 unspecified atom stereocenters. The molecule has 0 N–H and O–H groups in total. The minimum Gasteiger partial charge on any atom is -0.456 e. The van der Waals surface area contributed by atoms with E-state index in [0.29, 0.717) is 5.82 Å². The van der Waals surface area contributed by atoms with E-state index in [-0.39, 0.29) is 0 Å². The summed E-state index contributed by atoms with van der Waals surface area (Å²) >= 11 is 3.51. The lowest BCUT2D eigenvalue weighted by molar-refractivity contribution is 0.576. The van der Waals surface area contributed by atoms with Gasteiger partial charge in [0.15, 0.2) is 5.82 Å². The fourth-order valence-electron chi connectivity index (χ4n) is 3.11. The fraction of sp³-hybridized carbons (Fsp3) is 0.0435. The monoisotopic (exact) mass is 416 g/mol. The van der Waals surface area contributed by atoms with Crippen LogP contribution in [0.4, 0.5) is 0 Å². The molecule has 2 heterocycles. The number of fused-ring (bicyclic) bond motifs is 1. The number of benzene rings is 2. The first kappa shape index (κ1) is 17.4.